The van der Waals surface area contributed by atoms with Gasteiger partial charge in [0.15, 0.2) is 0 Å². The Kier molecular flexibility index (Phi) is 48.8. The first-order chi connectivity index (χ1) is 16.9. The van der Waals surface area contributed by atoms with E-state index in [-0.39, 0.29) is 7.43 Å². The first kappa shape index (κ1) is 44.5. The van der Waals surface area contributed by atoms with Gasteiger partial charge in [-0.05, 0) is 46.7 Å². The molecule has 0 amide bonds. The van der Waals surface area contributed by atoms with Crippen LogP contribution in [-0.2, 0) is 0 Å². The van der Waals surface area contributed by atoms with Crippen molar-refractivity contribution < 1.29 is 0 Å². The third-order valence-corrected chi connectivity index (χ3v) is 2.17. The number of hydrogen-bond donors (Lipinski definition) is 2. The number of imidazole rings is 1. The number of nitrogens with one attached hydrogen (secondary N) is 2. The molecule has 2 N–H and O–H groups in total. The van der Waals surface area contributed by atoms with E-state index >= 15 is 0 Å². The second-order valence-electron chi connectivity index (χ2n) is 9.51. The number of aromatic amines is 2. The molecule has 0 spiro atoms. The van der Waals surface area contributed by atoms with Gasteiger partial charge in [-0.1, -0.05) is 95.0 Å². The third-order valence-electron chi connectivity index (χ3n) is 1.30. The maximum atomic E-state index is 3.67. The van der Waals surface area contributed by atoms with Crippen LogP contribution in [0.2, 0.25) is 0 Å². The zero-order valence-electron chi connectivity index (χ0n) is 24.5. The Balaban J connectivity index is -0.000000105. The van der Waals surface area contributed by atoms with Gasteiger partial charge < -0.3 is 4.98 Å². The summed E-state index contributed by atoms with van der Waals surface area (Å²) in [6.07, 6.45) is 11.2. The molecule has 0 unspecified atom stereocenters. The highest BCUT2D eigenvalue weighted by Gasteiger charge is 1.69. The molecule has 0 radical (unpaired) electrons. The average Bonchev–Trinajstić information content (AvgIpc) is 3.60. The summed E-state index contributed by atoms with van der Waals surface area (Å²) in [4.78, 5) is 13.6. The summed E-state index contributed by atoms with van der Waals surface area (Å²) in [7, 11) is 0. The van der Waals surface area contributed by atoms with Crippen LogP contribution in [0, 0.1) is 23.7 Å². The van der Waals surface area contributed by atoms with E-state index in [0.717, 1.165) is 23.7 Å². The lowest BCUT2D eigenvalue weighted by Gasteiger charge is -1.79. The van der Waals surface area contributed by atoms with Gasteiger partial charge in [0.25, 0.3) is 0 Å². The topological polar surface area (TPSA) is 122 Å². The summed E-state index contributed by atoms with van der Waals surface area (Å²) in [6.45, 7) is 26.0. The van der Waals surface area contributed by atoms with Gasteiger partial charge in [-0.25, -0.2) is 15.0 Å². The molecule has 4 aromatic rings. The van der Waals surface area contributed by atoms with Crippen LogP contribution in [0.5, 0.6) is 0 Å². The van der Waals surface area contributed by atoms with Crippen molar-refractivity contribution in [1.29, 1.82) is 0 Å². The molecule has 0 saturated carbocycles. The summed E-state index contributed by atoms with van der Waals surface area (Å²) in [5.74, 6) is 3.33. The lowest BCUT2D eigenvalue weighted by Crippen LogP contribution is -1.66. The molecule has 0 fully saturated rings. The van der Waals surface area contributed by atoms with Gasteiger partial charge in [0.05, 0.1) is 12.5 Å². The summed E-state index contributed by atoms with van der Waals surface area (Å²) < 4.78 is 7.17. The first-order valence-corrected chi connectivity index (χ1v) is 13.7. The summed E-state index contributed by atoms with van der Waals surface area (Å²) in [6, 6.07) is 0. The normalized spacial score (nSPS) is 8.22. The van der Waals surface area contributed by atoms with Crippen LogP contribution in [0.3, 0.4) is 0 Å². The van der Waals surface area contributed by atoms with Crippen LogP contribution >= 0.6 is 23.1 Å². The van der Waals surface area contributed by atoms with E-state index in [4.69, 9.17) is 0 Å². The van der Waals surface area contributed by atoms with Crippen LogP contribution in [0.1, 0.15) is 90.5 Å². The molecule has 0 aliphatic heterocycles. The van der Waals surface area contributed by atoms with Gasteiger partial charge in [0.2, 0.25) is 0 Å². The Morgan fingerprint density at radius 3 is 1.27 bits per heavy atom. The van der Waals surface area contributed by atoms with Crippen molar-refractivity contribution in [2.45, 2.75) is 90.5 Å². The van der Waals surface area contributed by atoms with Gasteiger partial charge in [0, 0.05) is 17.8 Å². The number of aromatic nitrogens is 9. The molecule has 4 aromatic heterocycles. The Hall–Kier alpha value is -2.53. The van der Waals surface area contributed by atoms with Gasteiger partial charge in [0.1, 0.15) is 24.5 Å². The van der Waals surface area contributed by atoms with Crippen molar-refractivity contribution in [3.8, 4) is 0 Å². The molecule has 0 bridgehead atoms. The SMILES string of the molecule is C.CC(C)C.CC(C)C.CC(C)C.CC(C)C.c1c[nH]cn1.c1csnn1.c1nc[nH]n1.c1ncsn1. The number of rotatable bonds is 0. The van der Waals surface area contributed by atoms with Crippen LogP contribution in [0.4, 0.5) is 0 Å². The predicted octanol–water partition coefficient (Wildman–Crippen LogP) is 8.58. The van der Waals surface area contributed by atoms with E-state index in [2.05, 4.69) is 127 Å². The van der Waals surface area contributed by atoms with Gasteiger partial charge in [-0.15, -0.1) is 5.10 Å². The summed E-state index contributed by atoms with van der Waals surface area (Å²) >= 11 is 2.70. The Morgan fingerprint density at radius 2 is 1.16 bits per heavy atom. The van der Waals surface area contributed by atoms with E-state index in [1.807, 2.05) is 5.38 Å². The fraction of sp³-hybridized carbons (Fsp3) is 0.654. The Bertz CT molecular complexity index is 504. The van der Waals surface area contributed by atoms with Gasteiger partial charge >= 0.3 is 0 Å². The van der Waals surface area contributed by atoms with Crippen molar-refractivity contribution in [2.75, 3.05) is 0 Å². The number of nitrogens with zero attached hydrogens (tertiary/aromatic N) is 7. The Morgan fingerprint density at radius 1 is 0.622 bits per heavy atom. The van der Waals surface area contributed by atoms with Crippen molar-refractivity contribution in [2.24, 2.45) is 23.7 Å². The molecule has 216 valence electrons. The number of hydrogen-bond acceptors (Lipinski definition) is 9. The van der Waals surface area contributed by atoms with Gasteiger partial charge in [-0.2, -0.15) is 9.47 Å². The van der Waals surface area contributed by atoms with Crippen molar-refractivity contribution in [3.05, 3.63) is 54.8 Å². The minimum Gasteiger partial charge on any atom is -0.351 e. The molecular formula is C26H55N9S2. The standard InChI is InChI=1S/4C4H10.C3H4N2.C2H3N3.2C2H2N2S.CH4/c4*1-4(2)3;1-2-5-3-4-1;2*1-3-2-5-4-1;1-2-5-4-3-1;/h4*4H,1-3H3;1-3H,(H,4,5);1-2H,(H,3,4,5);2*1-2H;1H4. The zero-order chi connectivity index (χ0) is 28.5. The van der Waals surface area contributed by atoms with Crippen molar-refractivity contribution in [1.82, 2.24) is 44.1 Å². The maximum absolute atomic E-state index is 3.67. The smallest absolute Gasteiger partial charge is 0.137 e. The van der Waals surface area contributed by atoms with Crippen LogP contribution in [0.15, 0.2) is 54.8 Å². The molecule has 0 atom stereocenters. The highest BCUT2D eigenvalue weighted by molar-refractivity contribution is 7.03. The van der Waals surface area contributed by atoms with Crippen LogP contribution in [0.25, 0.3) is 0 Å². The molecular weight excluding hydrogens is 502 g/mol. The van der Waals surface area contributed by atoms with E-state index < -0.39 is 0 Å². The quantitative estimate of drug-likeness (QED) is 0.222. The average molecular weight is 558 g/mol. The predicted molar refractivity (Wildman–Crippen MR) is 164 cm³/mol. The first-order valence-electron chi connectivity index (χ1n) is 12.0. The third kappa shape index (κ3) is 109. The maximum Gasteiger partial charge on any atom is 0.137 e. The lowest BCUT2D eigenvalue weighted by molar-refractivity contribution is 0.736. The number of H-pyrrole nitrogens is 2. The molecule has 37 heavy (non-hydrogen) atoms. The van der Waals surface area contributed by atoms with E-state index in [1.54, 1.807) is 30.4 Å². The minimum absolute atomic E-state index is 0. The molecule has 11 heteroatoms. The summed E-state index contributed by atoms with van der Waals surface area (Å²) in [5, 5.41) is 11.3. The molecule has 9 nitrogen and oxygen atoms in total. The minimum atomic E-state index is 0. The molecule has 0 aliphatic rings. The molecule has 4 rings (SSSR count). The molecule has 0 aliphatic carbocycles. The van der Waals surface area contributed by atoms with E-state index in [9.17, 15) is 0 Å². The summed E-state index contributed by atoms with van der Waals surface area (Å²) in [5.41, 5.74) is 1.68. The Labute approximate surface area is 235 Å². The monoisotopic (exact) mass is 557 g/mol. The van der Waals surface area contributed by atoms with Crippen LogP contribution in [-0.4, -0.2) is 44.1 Å². The fourth-order valence-corrected chi connectivity index (χ4v) is 1.20. The van der Waals surface area contributed by atoms with Gasteiger partial charge in [-0.3, -0.25) is 5.10 Å². The highest BCUT2D eigenvalue weighted by Crippen LogP contribution is 1.82. The second kappa shape index (κ2) is 40.6. The van der Waals surface area contributed by atoms with Crippen molar-refractivity contribution >= 4 is 23.1 Å². The molecule has 0 aromatic carbocycles. The van der Waals surface area contributed by atoms with Crippen molar-refractivity contribution in [3.63, 3.8) is 0 Å². The van der Waals surface area contributed by atoms with E-state index in [0.29, 0.717) is 0 Å². The zero-order valence-corrected chi connectivity index (χ0v) is 26.1. The van der Waals surface area contributed by atoms with E-state index in [1.165, 1.54) is 42.0 Å². The highest BCUT2D eigenvalue weighted by atomic mass is 32.1. The molecule has 0 saturated heterocycles. The second-order valence-corrected chi connectivity index (χ2v) is 10.8. The molecule has 4 heterocycles. The van der Waals surface area contributed by atoms with Crippen LogP contribution < -0.4 is 0 Å². The lowest BCUT2D eigenvalue weighted by atomic mass is 10.3. The largest absolute Gasteiger partial charge is 0.351 e. The fourth-order valence-electron chi connectivity index (χ4n) is 0.654.